The second-order valence-electron chi connectivity index (χ2n) is 8.50. The number of carbonyl (C=O) groups is 3. The van der Waals surface area contributed by atoms with Gasteiger partial charge in [-0.1, -0.05) is 18.2 Å². The molecule has 9 heteroatoms. The highest BCUT2D eigenvalue weighted by Gasteiger charge is 2.23. The number of nitrogens with one attached hydrogen (secondary N) is 2. The minimum Gasteiger partial charge on any atom is -0.496 e. The summed E-state index contributed by atoms with van der Waals surface area (Å²) in [4.78, 5) is 38.1. The molecule has 2 heterocycles. The lowest BCUT2D eigenvalue weighted by Crippen LogP contribution is -2.39. The minimum atomic E-state index is -0.452. The molecule has 0 unspecified atom stereocenters. The molecule has 36 heavy (non-hydrogen) atoms. The molecule has 1 saturated heterocycles. The van der Waals surface area contributed by atoms with Crippen molar-refractivity contribution in [3.05, 3.63) is 64.9 Å². The number of aldehydes is 1. The zero-order valence-electron chi connectivity index (χ0n) is 20.1. The molecule has 2 amide bonds. The van der Waals surface area contributed by atoms with E-state index in [0.717, 1.165) is 29.9 Å². The number of piperidine rings is 1. The van der Waals surface area contributed by atoms with E-state index in [1.165, 1.54) is 7.11 Å². The average molecular weight is 508 g/mol. The van der Waals surface area contributed by atoms with Crippen molar-refractivity contribution < 1.29 is 23.9 Å². The van der Waals surface area contributed by atoms with Gasteiger partial charge in [0.15, 0.2) is 6.29 Å². The summed E-state index contributed by atoms with van der Waals surface area (Å²) in [6, 6.07) is 14.6. The summed E-state index contributed by atoms with van der Waals surface area (Å²) in [5.41, 5.74) is 3.76. The number of anilines is 2. The number of hydrogen-bond donors (Lipinski definition) is 2. The Morgan fingerprint density at radius 1 is 1.11 bits per heavy atom. The third-order valence-corrected chi connectivity index (χ3v) is 6.79. The quantitative estimate of drug-likeness (QED) is 0.383. The Morgan fingerprint density at radius 2 is 1.92 bits per heavy atom. The van der Waals surface area contributed by atoms with Crippen LogP contribution in [0.15, 0.2) is 59.3 Å². The van der Waals surface area contributed by atoms with Crippen molar-refractivity contribution in [1.82, 2.24) is 4.90 Å². The smallest absolute Gasteiger partial charge is 0.411 e. The maximum atomic E-state index is 12.5. The lowest BCUT2D eigenvalue weighted by molar-refractivity contribution is -0.116. The third-order valence-electron chi connectivity index (χ3n) is 6.10. The van der Waals surface area contributed by atoms with Gasteiger partial charge in [-0.05, 0) is 53.4 Å². The molecule has 3 aromatic rings. The molecule has 4 rings (SSSR count). The van der Waals surface area contributed by atoms with Gasteiger partial charge >= 0.3 is 6.09 Å². The molecular formula is C27H29N3O5S. The Kier molecular flexibility index (Phi) is 8.70. The van der Waals surface area contributed by atoms with Gasteiger partial charge in [0.05, 0.1) is 18.4 Å². The average Bonchev–Trinajstić information content (AvgIpc) is 3.43. The number of likely N-dealkylation sites (tertiary alicyclic amines) is 1. The summed E-state index contributed by atoms with van der Waals surface area (Å²) >= 11 is 1.61. The highest BCUT2D eigenvalue weighted by atomic mass is 32.1. The molecule has 1 fully saturated rings. The molecule has 0 atom stereocenters. The van der Waals surface area contributed by atoms with Crippen molar-refractivity contribution >= 4 is 41.0 Å². The van der Waals surface area contributed by atoms with Gasteiger partial charge < -0.3 is 19.7 Å². The third kappa shape index (κ3) is 6.71. The van der Waals surface area contributed by atoms with Crippen LogP contribution < -0.4 is 15.4 Å². The van der Waals surface area contributed by atoms with Crippen molar-refractivity contribution in [3.63, 3.8) is 0 Å². The fourth-order valence-electron chi connectivity index (χ4n) is 4.17. The molecule has 1 aliphatic rings. The van der Waals surface area contributed by atoms with Gasteiger partial charge in [-0.2, -0.15) is 11.3 Å². The first-order chi connectivity index (χ1) is 17.6. The summed E-state index contributed by atoms with van der Waals surface area (Å²) in [5.74, 6) is 0.307. The SMILES string of the molecule is COc1cc(NC(=O)CCN2CCC(OC(=O)Nc3ccccc3-c3ccsc3)CC2)ccc1C=O. The van der Waals surface area contributed by atoms with E-state index in [4.69, 9.17) is 9.47 Å². The molecule has 0 aliphatic carbocycles. The fourth-order valence-corrected chi connectivity index (χ4v) is 4.83. The van der Waals surface area contributed by atoms with E-state index < -0.39 is 6.09 Å². The van der Waals surface area contributed by atoms with E-state index in [1.807, 2.05) is 41.1 Å². The molecule has 0 saturated carbocycles. The number of rotatable bonds is 9. The highest BCUT2D eigenvalue weighted by molar-refractivity contribution is 7.08. The zero-order valence-corrected chi connectivity index (χ0v) is 20.9. The van der Waals surface area contributed by atoms with Gasteiger partial charge in [-0.3, -0.25) is 14.9 Å². The Balaban J connectivity index is 1.19. The largest absolute Gasteiger partial charge is 0.496 e. The lowest BCUT2D eigenvalue weighted by Gasteiger charge is -2.31. The normalized spacial score (nSPS) is 14.1. The summed E-state index contributed by atoms with van der Waals surface area (Å²) in [5, 5.41) is 9.77. The lowest BCUT2D eigenvalue weighted by atomic mass is 10.1. The summed E-state index contributed by atoms with van der Waals surface area (Å²) in [7, 11) is 1.48. The Hall–Kier alpha value is -3.69. The fraction of sp³-hybridized carbons (Fsp3) is 0.296. The van der Waals surface area contributed by atoms with E-state index in [2.05, 4.69) is 15.5 Å². The molecule has 0 spiro atoms. The molecule has 188 valence electrons. The Labute approximate surface area is 214 Å². The number of thiophene rings is 1. The predicted octanol–water partition coefficient (Wildman–Crippen LogP) is 5.28. The molecule has 2 aromatic carbocycles. The van der Waals surface area contributed by atoms with Crippen molar-refractivity contribution in [1.29, 1.82) is 0 Å². The van der Waals surface area contributed by atoms with Gasteiger partial charge in [-0.15, -0.1) is 0 Å². The van der Waals surface area contributed by atoms with Gasteiger partial charge in [0.25, 0.3) is 0 Å². The molecule has 2 N–H and O–H groups in total. The summed E-state index contributed by atoms with van der Waals surface area (Å²) in [6.45, 7) is 2.11. The number of amides is 2. The number of carbonyl (C=O) groups excluding carboxylic acids is 3. The molecule has 0 radical (unpaired) electrons. The van der Waals surface area contributed by atoms with Crippen molar-refractivity contribution in [2.75, 3.05) is 37.4 Å². The number of methoxy groups -OCH3 is 1. The second-order valence-corrected chi connectivity index (χ2v) is 9.28. The Morgan fingerprint density at radius 3 is 2.64 bits per heavy atom. The van der Waals surface area contributed by atoms with Gasteiger partial charge in [0.1, 0.15) is 11.9 Å². The minimum absolute atomic E-state index is 0.113. The van der Waals surface area contributed by atoms with Gasteiger partial charge in [-0.25, -0.2) is 4.79 Å². The van der Waals surface area contributed by atoms with E-state index in [1.54, 1.807) is 29.5 Å². The van der Waals surface area contributed by atoms with Crippen LogP contribution in [0.25, 0.3) is 11.1 Å². The van der Waals surface area contributed by atoms with Crippen LogP contribution in [-0.2, 0) is 9.53 Å². The van der Waals surface area contributed by atoms with Crippen molar-refractivity contribution in [2.45, 2.75) is 25.4 Å². The van der Waals surface area contributed by atoms with E-state index in [9.17, 15) is 14.4 Å². The highest BCUT2D eigenvalue weighted by Crippen LogP contribution is 2.30. The molecular weight excluding hydrogens is 478 g/mol. The van der Waals surface area contributed by atoms with Gasteiger partial charge in [0.2, 0.25) is 5.91 Å². The zero-order chi connectivity index (χ0) is 25.3. The standard InChI is InChI=1S/C27H29N3O5S/c1-34-25-16-21(7-6-19(25)17-31)28-26(32)10-14-30-12-8-22(9-13-30)35-27(33)29-24-5-3-2-4-23(24)20-11-15-36-18-20/h2-7,11,15-18,22H,8-10,12-14H2,1H3,(H,28,32)(H,29,33). The topological polar surface area (TPSA) is 97.0 Å². The molecule has 1 aliphatic heterocycles. The van der Waals surface area contributed by atoms with Crippen LogP contribution in [0.2, 0.25) is 0 Å². The second kappa shape index (κ2) is 12.3. The number of ether oxygens (including phenoxy) is 2. The van der Waals surface area contributed by atoms with Crippen LogP contribution >= 0.6 is 11.3 Å². The van der Waals surface area contributed by atoms with Crippen LogP contribution in [0.5, 0.6) is 5.75 Å². The van der Waals surface area contributed by atoms with Crippen LogP contribution in [-0.4, -0.2) is 56.0 Å². The van der Waals surface area contributed by atoms with E-state index >= 15 is 0 Å². The van der Waals surface area contributed by atoms with E-state index in [0.29, 0.717) is 49.1 Å². The van der Waals surface area contributed by atoms with Crippen LogP contribution in [0.3, 0.4) is 0 Å². The molecule has 0 bridgehead atoms. The number of para-hydroxylation sites is 1. The molecule has 1 aromatic heterocycles. The van der Waals surface area contributed by atoms with Crippen molar-refractivity contribution in [2.24, 2.45) is 0 Å². The van der Waals surface area contributed by atoms with Crippen molar-refractivity contribution in [3.8, 4) is 16.9 Å². The first-order valence-electron chi connectivity index (χ1n) is 11.8. The maximum Gasteiger partial charge on any atom is 0.411 e. The predicted molar refractivity (Wildman–Crippen MR) is 141 cm³/mol. The van der Waals surface area contributed by atoms with E-state index in [-0.39, 0.29) is 12.0 Å². The van der Waals surface area contributed by atoms with Crippen LogP contribution in [0, 0.1) is 0 Å². The van der Waals surface area contributed by atoms with Crippen LogP contribution in [0.4, 0.5) is 16.2 Å². The number of benzene rings is 2. The van der Waals surface area contributed by atoms with Gasteiger partial charge in [0, 0.05) is 43.4 Å². The Bertz CT molecular complexity index is 1190. The summed E-state index contributed by atoms with van der Waals surface area (Å²) < 4.78 is 10.8. The molecule has 8 nitrogen and oxygen atoms in total. The monoisotopic (exact) mass is 507 g/mol. The first kappa shape index (κ1) is 25.4. The number of hydrogen-bond acceptors (Lipinski definition) is 7. The van der Waals surface area contributed by atoms with Crippen LogP contribution in [0.1, 0.15) is 29.6 Å². The number of nitrogens with zero attached hydrogens (tertiary/aromatic N) is 1. The summed E-state index contributed by atoms with van der Waals surface area (Å²) in [6.07, 6.45) is 1.87. The first-order valence-corrected chi connectivity index (χ1v) is 12.7. The maximum absolute atomic E-state index is 12.5.